The van der Waals surface area contributed by atoms with E-state index in [1.807, 2.05) is 67.6 Å². The Hall–Kier alpha value is -4.17. The van der Waals surface area contributed by atoms with Crippen LogP contribution in [0.5, 0.6) is 11.5 Å². The van der Waals surface area contributed by atoms with E-state index in [1.165, 1.54) is 18.3 Å². The number of Topliss-reactive ketones (excluding diaryl/α,β-unsaturated/α-hetero) is 1. The van der Waals surface area contributed by atoms with Gasteiger partial charge in [-0.2, -0.15) is 0 Å². The molecule has 0 amide bonds. The highest BCUT2D eigenvalue weighted by Gasteiger charge is 2.33. The minimum Gasteiger partial charge on any atom is -0.496 e. The number of aromatic nitrogens is 1. The number of hydrogen-bond acceptors (Lipinski definition) is 7. The topological polar surface area (TPSA) is 73.1 Å². The van der Waals surface area contributed by atoms with Crippen LogP contribution in [0.1, 0.15) is 44.9 Å². The van der Waals surface area contributed by atoms with Crippen LogP contribution in [0, 0.1) is 0 Å². The van der Waals surface area contributed by atoms with Gasteiger partial charge in [0.1, 0.15) is 11.5 Å². The van der Waals surface area contributed by atoms with E-state index < -0.39 is 6.04 Å². The molecule has 7 nitrogen and oxygen atoms in total. The average molecular weight is 556 g/mol. The van der Waals surface area contributed by atoms with E-state index in [1.54, 1.807) is 18.8 Å². The molecule has 0 aliphatic carbocycles. The Morgan fingerprint density at radius 2 is 1.77 bits per heavy atom. The summed E-state index contributed by atoms with van der Waals surface area (Å²) in [6.07, 6.45) is 1.85. The Kier molecular flexibility index (Phi) is 7.63. The number of carbonyl (C=O) groups excluding carboxylic acids is 1. The normalized spacial score (nSPS) is 15.2. The van der Waals surface area contributed by atoms with Crippen molar-refractivity contribution >= 4 is 39.7 Å². The monoisotopic (exact) mass is 555 g/mol. The number of ketones is 1. The summed E-state index contributed by atoms with van der Waals surface area (Å²) in [5, 5.41) is 1.92. The highest BCUT2D eigenvalue weighted by atomic mass is 32.1. The van der Waals surface area contributed by atoms with Gasteiger partial charge in [0.25, 0.3) is 5.56 Å². The summed E-state index contributed by atoms with van der Waals surface area (Å²) in [4.78, 5) is 34.7. The van der Waals surface area contributed by atoms with Gasteiger partial charge in [-0.1, -0.05) is 41.7 Å². The van der Waals surface area contributed by atoms with Crippen molar-refractivity contribution in [3.05, 3.63) is 96.7 Å². The SMILES string of the molecule is CCN(CC)c1ccc(/C=c2/sc3n(c2=O)[C@@H](c2c(OC)ccc4ccccc24)C(C(C)=O)=C(C)N=3)c(OC)c1. The molecule has 0 spiro atoms. The molecule has 8 heteroatoms. The molecule has 1 atom stereocenters. The molecule has 5 rings (SSSR count). The van der Waals surface area contributed by atoms with Crippen molar-refractivity contribution in [2.75, 3.05) is 32.2 Å². The third-order valence-corrected chi connectivity index (χ3v) is 8.44. The molecule has 0 fully saturated rings. The summed E-state index contributed by atoms with van der Waals surface area (Å²) in [5.74, 6) is 1.16. The van der Waals surface area contributed by atoms with Gasteiger partial charge in [0.05, 0.1) is 24.8 Å². The molecule has 1 aromatic heterocycles. The standard InChI is InChI=1S/C32H33N3O4S/c1-7-34(8-2)23-15-13-22(26(18-23)39-6)17-27-31(37)35-30(28(20(4)36)19(3)33-32(35)40-27)29-24-12-10-9-11-21(24)14-16-25(29)38-5/h9-18,30H,7-8H2,1-6H3/b27-17+/t30-/m1/s1. The highest BCUT2D eigenvalue weighted by molar-refractivity contribution is 7.07. The molecule has 206 valence electrons. The maximum Gasteiger partial charge on any atom is 0.271 e. The molecule has 0 saturated heterocycles. The van der Waals surface area contributed by atoms with Gasteiger partial charge in [-0.15, -0.1) is 0 Å². The Labute approximate surface area is 237 Å². The van der Waals surface area contributed by atoms with E-state index in [2.05, 4.69) is 18.7 Å². The predicted octanol–water partition coefficient (Wildman–Crippen LogP) is 4.84. The molecule has 0 N–H and O–H groups in total. The summed E-state index contributed by atoms with van der Waals surface area (Å²) in [6, 6.07) is 17.1. The van der Waals surface area contributed by atoms with Crippen LogP contribution in [0.2, 0.25) is 0 Å². The summed E-state index contributed by atoms with van der Waals surface area (Å²) < 4.78 is 13.7. The lowest BCUT2D eigenvalue weighted by atomic mass is 9.89. The number of methoxy groups -OCH3 is 2. The first-order chi connectivity index (χ1) is 19.3. The molecular weight excluding hydrogens is 522 g/mol. The quantitative estimate of drug-likeness (QED) is 0.311. The number of fused-ring (bicyclic) bond motifs is 2. The van der Waals surface area contributed by atoms with Crippen molar-refractivity contribution < 1.29 is 14.3 Å². The van der Waals surface area contributed by atoms with Crippen LogP contribution >= 0.6 is 11.3 Å². The zero-order valence-electron chi connectivity index (χ0n) is 23.6. The molecule has 0 saturated carbocycles. The van der Waals surface area contributed by atoms with Crippen molar-refractivity contribution in [1.82, 2.24) is 4.57 Å². The summed E-state index contributed by atoms with van der Waals surface area (Å²) >= 11 is 1.31. The van der Waals surface area contributed by atoms with Gasteiger partial charge < -0.3 is 14.4 Å². The molecule has 0 unspecified atom stereocenters. The predicted molar refractivity (Wildman–Crippen MR) is 162 cm³/mol. The first-order valence-corrected chi connectivity index (χ1v) is 14.2. The Balaban J connectivity index is 1.77. The first-order valence-electron chi connectivity index (χ1n) is 13.3. The Bertz CT molecular complexity index is 1830. The number of thiazole rings is 1. The van der Waals surface area contributed by atoms with E-state index in [0.29, 0.717) is 32.1 Å². The van der Waals surface area contributed by atoms with Crippen molar-refractivity contribution in [2.24, 2.45) is 4.99 Å². The highest BCUT2D eigenvalue weighted by Crippen LogP contribution is 2.40. The Morgan fingerprint density at radius 1 is 1.05 bits per heavy atom. The lowest BCUT2D eigenvalue weighted by molar-refractivity contribution is -0.114. The number of hydrogen-bond donors (Lipinski definition) is 0. The fourth-order valence-electron chi connectivity index (χ4n) is 5.53. The van der Waals surface area contributed by atoms with Crippen molar-refractivity contribution in [3.63, 3.8) is 0 Å². The van der Waals surface area contributed by atoms with Crippen LogP contribution < -0.4 is 29.3 Å². The van der Waals surface area contributed by atoms with Gasteiger partial charge in [0.15, 0.2) is 10.6 Å². The van der Waals surface area contributed by atoms with Crippen LogP contribution in [0.4, 0.5) is 5.69 Å². The lowest BCUT2D eigenvalue weighted by Gasteiger charge is -2.27. The number of benzene rings is 3. The van der Waals surface area contributed by atoms with E-state index in [9.17, 15) is 9.59 Å². The fourth-order valence-corrected chi connectivity index (χ4v) is 6.56. The van der Waals surface area contributed by atoms with Crippen LogP contribution in [0.25, 0.3) is 16.8 Å². The number of anilines is 1. The lowest BCUT2D eigenvalue weighted by Crippen LogP contribution is -2.39. The number of carbonyl (C=O) groups is 1. The maximum absolute atomic E-state index is 14.1. The van der Waals surface area contributed by atoms with Crippen molar-refractivity contribution in [3.8, 4) is 11.5 Å². The van der Waals surface area contributed by atoms with Gasteiger partial charge in [0.2, 0.25) is 0 Å². The van der Waals surface area contributed by atoms with Crippen LogP contribution in [0.15, 0.2) is 75.7 Å². The first kappa shape index (κ1) is 27.4. The minimum absolute atomic E-state index is 0.135. The molecule has 3 aromatic carbocycles. The van der Waals surface area contributed by atoms with Gasteiger partial charge in [-0.25, -0.2) is 4.99 Å². The van der Waals surface area contributed by atoms with Crippen molar-refractivity contribution in [2.45, 2.75) is 33.7 Å². The number of allylic oxidation sites excluding steroid dienone is 2. The number of rotatable bonds is 8. The Morgan fingerprint density at radius 3 is 2.45 bits per heavy atom. The van der Waals surface area contributed by atoms with Crippen LogP contribution in [0.3, 0.4) is 0 Å². The zero-order valence-corrected chi connectivity index (χ0v) is 24.5. The molecule has 0 radical (unpaired) electrons. The van der Waals surface area contributed by atoms with Gasteiger partial charge in [-0.05, 0) is 62.7 Å². The van der Waals surface area contributed by atoms with Gasteiger partial charge in [-0.3, -0.25) is 14.2 Å². The molecule has 40 heavy (non-hydrogen) atoms. The van der Waals surface area contributed by atoms with Crippen LogP contribution in [-0.4, -0.2) is 37.7 Å². The van der Waals surface area contributed by atoms with E-state index in [-0.39, 0.29) is 11.3 Å². The van der Waals surface area contributed by atoms with Gasteiger partial charge in [0, 0.05) is 47.2 Å². The molecule has 0 bridgehead atoms. The second-order valence-electron chi connectivity index (χ2n) is 9.64. The van der Waals surface area contributed by atoms with E-state index in [0.717, 1.165) is 40.7 Å². The molecule has 1 aliphatic rings. The zero-order chi connectivity index (χ0) is 28.6. The maximum atomic E-state index is 14.1. The third kappa shape index (κ3) is 4.62. The molecule has 4 aromatic rings. The number of nitrogens with zero attached hydrogens (tertiary/aromatic N) is 3. The van der Waals surface area contributed by atoms with E-state index >= 15 is 0 Å². The smallest absolute Gasteiger partial charge is 0.271 e. The fraction of sp³-hybridized carbons (Fsp3) is 0.281. The van der Waals surface area contributed by atoms with Crippen molar-refractivity contribution in [1.29, 1.82) is 0 Å². The second kappa shape index (κ2) is 11.1. The molecule has 2 heterocycles. The number of ether oxygens (including phenoxy) is 2. The summed E-state index contributed by atoms with van der Waals surface area (Å²) in [6.45, 7) is 9.34. The van der Waals surface area contributed by atoms with Gasteiger partial charge >= 0.3 is 0 Å². The average Bonchev–Trinajstić information content (AvgIpc) is 3.26. The second-order valence-corrected chi connectivity index (χ2v) is 10.6. The molecule has 1 aliphatic heterocycles. The summed E-state index contributed by atoms with van der Waals surface area (Å²) in [7, 11) is 3.24. The van der Waals surface area contributed by atoms with E-state index in [4.69, 9.17) is 14.5 Å². The minimum atomic E-state index is -0.677. The molecular formula is C32H33N3O4S. The largest absolute Gasteiger partial charge is 0.496 e. The van der Waals surface area contributed by atoms with Crippen LogP contribution in [-0.2, 0) is 4.79 Å². The summed E-state index contributed by atoms with van der Waals surface area (Å²) in [5.41, 5.74) is 3.49. The third-order valence-electron chi connectivity index (χ3n) is 7.46.